The Hall–Kier alpha value is -1.34. The van der Waals surface area contributed by atoms with Crippen LogP contribution < -0.4 is 10.6 Å². The minimum Gasteiger partial charge on any atom is -0.467 e. The summed E-state index contributed by atoms with van der Waals surface area (Å²) >= 11 is 8.64. The van der Waals surface area contributed by atoms with E-state index in [9.17, 15) is 0 Å². The fraction of sp³-hybridized carbons (Fsp3) is 0.385. The molecule has 5 nitrogen and oxygen atoms in total. The molecule has 0 fully saturated rings. The van der Waals surface area contributed by atoms with Crippen molar-refractivity contribution in [2.24, 2.45) is 0 Å². The lowest BCUT2D eigenvalue weighted by atomic mass is 10.4. The van der Waals surface area contributed by atoms with Crippen LogP contribution in [0.3, 0.4) is 0 Å². The molecule has 0 amide bonds. The average molecular weight is 357 g/mol. The van der Waals surface area contributed by atoms with Crippen molar-refractivity contribution >= 4 is 33.3 Å². The Kier molecular flexibility index (Phi) is 5.60. The number of nitrogens with zero attached hydrogens (tertiary/aromatic N) is 2. The molecule has 0 aliphatic rings. The lowest BCUT2D eigenvalue weighted by Gasteiger charge is -2.09. The molecule has 0 aliphatic carbocycles. The molecule has 0 atom stereocenters. The minimum atomic E-state index is 0.601. The van der Waals surface area contributed by atoms with Crippen molar-refractivity contribution in [1.29, 1.82) is 0 Å². The van der Waals surface area contributed by atoms with E-state index in [-0.39, 0.29) is 0 Å². The summed E-state index contributed by atoms with van der Waals surface area (Å²) in [6.45, 7) is 4.25. The van der Waals surface area contributed by atoms with Crippen LogP contribution >= 0.6 is 28.1 Å². The molecule has 20 heavy (non-hydrogen) atoms. The van der Waals surface area contributed by atoms with Crippen molar-refractivity contribution in [2.75, 3.05) is 6.54 Å². The van der Waals surface area contributed by atoms with Crippen molar-refractivity contribution in [3.8, 4) is 0 Å². The number of nitrogens with one attached hydrogen (secondary N) is 2. The van der Waals surface area contributed by atoms with Crippen LogP contribution in [0.15, 0.2) is 33.5 Å². The molecule has 0 spiro atoms. The summed E-state index contributed by atoms with van der Waals surface area (Å²) in [4.78, 5) is 0. The van der Waals surface area contributed by atoms with Gasteiger partial charge in [0.15, 0.2) is 5.11 Å². The number of furan rings is 1. The van der Waals surface area contributed by atoms with Gasteiger partial charge in [0.2, 0.25) is 0 Å². The number of hydrogen-bond acceptors (Lipinski definition) is 3. The van der Waals surface area contributed by atoms with Crippen LogP contribution in [-0.2, 0) is 13.1 Å². The third kappa shape index (κ3) is 4.64. The van der Waals surface area contributed by atoms with Gasteiger partial charge in [0.05, 0.1) is 23.0 Å². The molecule has 0 aliphatic heterocycles. The minimum absolute atomic E-state index is 0.601. The number of rotatable bonds is 6. The normalized spacial score (nSPS) is 10.5. The monoisotopic (exact) mass is 356 g/mol. The zero-order chi connectivity index (χ0) is 14.4. The van der Waals surface area contributed by atoms with Gasteiger partial charge in [-0.25, -0.2) is 0 Å². The molecule has 2 N–H and O–H groups in total. The Balaban J connectivity index is 1.59. The van der Waals surface area contributed by atoms with Crippen molar-refractivity contribution in [2.45, 2.75) is 26.4 Å². The number of aryl methyl sites for hydroxylation is 2. The molecular weight excluding hydrogens is 340 g/mol. The predicted octanol–water partition coefficient (Wildman–Crippen LogP) is 2.60. The van der Waals surface area contributed by atoms with Crippen molar-refractivity contribution < 1.29 is 4.42 Å². The van der Waals surface area contributed by atoms with Crippen molar-refractivity contribution in [1.82, 2.24) is 20.4 Å². The van der Waals surface area contributed by atoms with Crippen LogP contribution in [0.25, 0.3) is 0 Å². The van der Waals surface area contributed by atoms with Gasteiger partial charge in [-0.05, 0) is 53.6 Å². The van der Waals surface area contributed by atoms with Gasteiger partial charge in [-0.3, -0.25) is 4.68 Å². The van der Waals surface area contributed by atoms with E-state index >= 15 is 0 Å². The fourth-order valence-electron chi connectivity index (χ4n) is 1.69. The van der Waals surface area contributed by atoms with Gasteiger partial charge in [-0.1, -0.05) is 0 Å². The highest BCUT2D eigenvalue weighted by atomic mass is 79.9. The maximum Gasteiger partial charge on any atom is 0.166 e. The SMILES string of the molecule is Cc1nn(CCCNC(=S)NCc2ccco2)cc1Br. The van der Waals surface area contributed by atoms with Gasteiger partial charge in [-0.2, -0.15) is 5.10 Å². The lowest BCUT2D eigenvalue weighted by Crippen LogP contribution is -2.35. The molecule has 2 aromatic rings. The Morgan fingerprint density at radius 3 is 3.00 bits per heavy atom. The topological polar surface area (TPSA) is 55.0 Å². The van der Waals surface area contributed by atoms with E-state index in [1.54, 1.807) is 6.26 Å². The maximum atomic E-state index is 5.21. The fourth-order valence-corrected chi connectivity index (χ4v) is 2.18. The number of hydrogen-bond donors (Lipinski definition) is 2. The summed E-state index contributed by atoms with van der Waals surface area (Å²) in [7, 11) is 0. The molecule has 2 rings (SSSR count). The second-order valence-electron chi connectivity index (χ2n) is 4.37. The molecule has 2 heterocycles. The van der Waals surface area contributed by atoms with Crippen LogP contribution in [0, 0.1) is 6.92 Å². The van der Waals surface area contributed by atoms with Crippen LogP contribution in [0.4, 0.5) is 0 Å². The Morgan fingerprint density at radius 1 is 1.50 bits per heavy atom. The zero-order valence-corrected chi connectivity index (χ0v) is 13.6. The maximum absolute atomic E-state index is 5.21. The van der Waals surface area contributed by atoms with E-state index in [2.05, 4.69) is 31.7 Å². The third-order valence-corrected chi connectivity index (χ3v) is 3.81. The third-order valence-electron chi connectivity index (χ3n) is 2.74. The molecule has 2 aromatic heterocycles. The van der Waals surface area contributed by atoms with Crippen LogP contribution in [0.2, 0.25) is 0 Å². The molecular formula is C13H17BrN4OS. The van der Waals surface area contributed by atoms with Crippen LogP contribution in [0.1, 0.15) is 17.9 Å². The lowest BCUT2D eigenvalue weighted by molar-refractivity contribution is 0.502. The summed E-state index contributed by atoms with van der Waals surface area (Å²) in [5.74, 6) is 0.867. The second-order valence-corrected chi connectivity index (χ2v) is 5.63. The van der Waals surface area contributed by atoms with Gasteiger partial charge in [0, 0.05) is 19.3 Å². The smallest absolute Gasteiger partial charge is 0.166 e. The standard InChI is InChI=1S/C13H17BrN4OS/c1-10-12(14)9-18(17-10)6-3-5-15-13(20)16-8-11-4-2-7-19-11/h2,4,7,9H,3,5-6,8H2,1H3,(H2,15,16,20). The summed E-state index contributed by atoms with van der Waals surface area (Å²) in [6.07, 6.45) is 4.59. The molecule has 0 bridgehead atoms. The highest BCUT2D eigenvalue weighted by molar-refractivity contribution is 9.10. The van der Waals surface area contributed by atoms with Gasteiger partial charge >= 0.3 is 0 Å². The highest BCUT2D eigenvalue weighted by Gasteiger charge is 2.01. The first-order valence-electron chi connectivity index (χ1n) is 6.39. The Bertz CT molecular complexity index is 533. The molecule has 7 heteroatoms. The first kappa shape index (κ1) is 15.1. The number of halogens is 1. The van der Waals surface area contributed by atoms with E-state index in [0.717, 1.165) is 35.4 Å². The summed E-state index contributed by atoms with van der Waals surface area (Å²) < 4.78 is 8.19. The molecule has 0 radical (unpaired) electrons. The molecule has 0 saturated carbocycles. The van der Waals surface area contributed by atoms with Crippen molar-refractivity contribution in [3.63, 3.8) is 0 Å². The second kappa shape index (κ2) is 7.44. The van der Waals surface area contributed by atoms with Crippen molar-refractivity contribution in [3.05, 3.63) is 40.5 Å². The Morgan fingerprint density at radius 2 is 2.35 bits per heavy atom. The zero-order valence-electron chi connectivity index (χ0n) is 11.2. The van der Waals surface area contributed by atoms with E-state index < -0.39 is 0 Å². The van der Waals surface area contributed by atoms with E-state index in [0.29, 0.717) is 11.7 Å². The highest BCUT2D eigenvalue weighted by Crippen LogP contribution is 2.13. The average Bonchev–Trinajstić information content (AvgIpc) is 3.03. The van der Waals surface area contributed by atoms with E-state index in [1.807, 2.05) is 29.9 Å². The predicted molar refractivity (Wildman–Crippen MR) is 85.4 cm³/mol. The van der Waals surface area contributed by atoms with Gasteiger partial charge < -0.3 is 15.1 Å². The van der Waals surface area contributed by atoms with Gasteiger partial charge in [-0.15, -0.1) is 0 Å². The van der Waals surface area contributed by atoms with Gasteiger partial charge in [0.1, 0.15) is 5.76 Å². The first-order valence-corrected chi connectivity index (χ1v) is 7.59. The summed E-state index contributed by atoms with van der Waals surface area (Å²) in [5, 5.41) is 11.3. The van der Waals surface area contributed by atoms with Crippen LogP contribution in [0.5, 0.6) is 0 Å². The quantitative estimate of drug-likeness (QED) is 0.615. The molecule has 0 unspecified atom stereocenters. The largest absolute Gasteiger partial charge is 0.467 e. The Labute approximate surface area is 131 Å². The number of thiocarbonyl (C=S) groups is 1. The molecule has 108 valence electrons. The van der Waals surface area contributed by atoms with E-state index in [1.165, 1.54) is 0 Å². The molecule has 0 aromatic carbocycles. The van der Waals surface area contributed by atoms with E-state index in [4.69, 9.17) is 16.6 Å². The van der Waals surface area contributed by atoms with Gasteiger partial charge in [0.25, 0.3) is 0 Å². The van der Waals surface area contributed by atoms with Crippen LogP contribution in [-0.4, -0.2) is 21.4 Å². The number of aromatic nitrogens is 2. The molecule has 0 saturated heterocycles. The summed E-state index contributed by atoms with van der Waals surface area (Å²) in [5.41, 5.74) is 1.01. The summed E-state index contributed by atoms with van der Waals surface area (Å²) in [6, 6.07) is 3.77. The first-order chi connectivity index (χ1) is 9.65.